The summed E-state index contributed by atoms with van der Waals surface area (Å²) in [4.78, 5) is 35.4. The van der Waals surface area contributed by atoms with Crippen molar-refractivity contribution in [3.8, 4) is 0 Å². The van der Waals surface area contributed by atoms with Crippen LogP contribution in [0.2, 0.25) is 0 Å². The molecule has 1 rings (SSSR count). The van der Waals surface area contributed by atoms with Crippen LogP contribution < -0.4 is 5.32 Å². The second-order valence-corrected chi connectivity index (χ2v) is 6.32. The molecule has 30 heavy (non-hydrogen) atoms. The molecule has 3 amide bonds. The van der Waals surface area contributed by atoms with Crippen LogP contribution in [0.5, 0.6) is 0 Å². The van der Waals surface area contributed by atoms with E-state index in [0.717, 1.165) is 17.9 Å². The zero-order valence-corrected chi connectivity index (χ0v) is 17.8. The summed E-state index contributed by atoms with van der Waals surface area (Å²) in [5.74, 6) is -1.01. The van der Waals surface area contributed by atoms with Crippen molar-refractivity contribution < 1.29 is 38.1 Å². The van der Waals surface area contributed by atoms with Crippen LogP contribution in [0.4, 0.5) is 0 Å². The molecule has 0 aromatic heterocycles. The van der Waals surface area contributed by atoms with Gasteiger partial charge in [0.05, 0.1) is 59.5 Å². The Balaban J connectivity index is 1.77. The van der Waals surface area contributed by atoms with Crippen molar-refractivity contribution in [3.63, 3.8) is 0 Å². The summed E-state index contributed by atoms with van der Waals surface area (Å²) in [6.45, 7) is 7.67. The fraction of sp³-hybridized carbons (Fsp3) is 0.750. The molecular formula is C20H34N2O8. The molecule has 0 aromatic rings. The average molecular weight is 430 g/mol. The highest BCUT2D eigenvalue weighted by molar-refractivity contribution is 6.13. The van der Waals surface area contributed by atoms with Crippen molar-refractivity contribution in [1.82, 2.24) is 10.2 Å². The van der Waals surface area contributed by atoms with E-state index in [4.69, 9.17) is 23.7 Å². The number of hydrogen-bond donors (Lipinski definition) is 1. The van der Waals surface area contributed by atoms with Crippen molar-refractivity contribution in [2.24, 2.45) is 0 Å². The summed E-state index contributed by atoms with van der Waals surface area (Å²) in [6, 6.07) is 0. The van der Waals surface area contributed by atoms with Crippen LogP contribution in [-0.4, -0.2) is 102 Å². The molecule has 0 spiro atoms. The molecule has 0 radical (unpaired) electrons. The highest BCUT2D eigenvalue weighted by atomic mass is 16.6. The van der Waals surface area contributed by atoms with E-state index in [1.807, 2.05) is 0 Å². The minimum Gasteiger partial charge on any atom is -0.379 e. The molecule has 0 fully saturated rings. The number of amides is 3. The van der Waals surface area contributed by atoms with E-state index >= 15 is 0 Å². The Morgan fingerprint density at radius 2 is 1.20 bits per heavy atom. The van der Waals surface area contributed by atoms with Crippen LogP contribution in [-0.2, 0) is 38.1 Å². The smallest absolute Gasteiger partial charge is 0.253 e. The number of carbonyl (C=O) groups excluding carboxylic acids is 3. The van der Waals surface area contributed by atoms with Gasteiger partial charge in [0.1, 0.15) is 0 Å². The van der Waals surface area contributed by atoms with Gasteiger partial charge in [-0.15, -0.1) is 0 Å². The standard InChI is InChI=1S/C20H34N2O8/c1-2-8-26-10-12-28-14-16-30-17-15-29-13-11-27-9-6-21-18(23)5-7-22-19(24)3-4-20(22)25/h3-4H,2,5-17H2,1H3,(H,21,23). The highest BCUT2D eigenvalue weighted by Gasteiger charge is 2.23. The Morgan fingerprint density at radius 1 is 0.767 bits per heavy atom. The first-order chi connectivity index (χ1) is 14.6. The number of nitrogens with one attached hydrogen (secondary N) is 1. The molecule has 10 nitrogen and oxygen atoms in total. The number of nitrogens with zero attached hydrogens (tertiary/aromatic N) is 1. The van der Waals surface area contributed by atoms with Crippen LogP contribution in [0.25, 0.3) is 0 Å². The minimum atomic E-state index is -0.386. The van der Waals surface area contributed by atoms with Crippen molar-refractivity contribution in [2.75, 3.05) is 79.2 Å². The molecule has 1 aliphatic rings. The van der Waals surface area contributed by atoms with Gasteiger partial charge < -0.3 is 29.0 Å². The summed E-state index contributed by atoms with van der Waals surface area (Å²) in [5.41, 5.74) is 0. The molecule has 1 heterocycles. The first-order valence-corrected chi connectivity index (χ1v) is 10.3. The van der Waals surface area contributed by atoms with E-state index in [1.54, 1.807) is 0 Å². The number of rotatable bonds is 20. The molecule has 172 valence electrons. The van der Waals surface area contributed by atoms with E-state index in [-0.39, 0.29) is 30.7 Å². The van der Waals surface area contributed by atoms with Crippen molar-refractivity contribution in [1.29, 1.82) is 0 Å². The molecule has 0 atom stereocenters. The zero-order valence-electron chi connectivity index (χ0n) is 17.8. The molecule has 0 saturated carbocycles. The van der Waals surface area contributed by atoms with Crippen LogP contribution in [0.15, 0.2) is 12.2 Å². The fourth-order valence-corrected chi connectivity index (χ4v) is 2.34. The van der Waals surface area contributed by atoms with Crippen LogP contribution in [0, 0.1) is 0 Å². The topological polar surface area (TPSA) is 113 Å². The molecule has 0 aliphatic carbocycles. The second-order valence-electron chi connectivity index (χ2n) is 6.32. The van der Waals surface area contributed by atoms with Gasteiger partial charge >= 0.3 is 0 Å². The molecule has 0 aromatic carbocycles. The van der Waals surface area contributed by atoms with E-state index < -0.39 is 0 Å². The van der Waals surface area contributed by atoms with Crippen molar-refractivity contribution >= 4 is 17.7 Å². The molecule has 1 aliphatic heterocycles. The normalized spacial score (nSPS) is 13.4. The van der Waals surface area contributed by atoms with Gasteiger partial charge in [-0.1, -0.05) is 6.92 Å². The maximum Gasteiger partial charge on any atom is 0.253 e. The van der Waals surface area contributed by atoms with Gasteiger partial charge in [-0.05, 0) is 6.42 Å². The average Bonchev–Trinajstić information content (AvgIpc) is 3.06. The third-order valence-electron chi connectivity index (χ3n) is 3.87. The first kappa shape index (κ1) is 26.2. The van der Waals surface area contributed by atoms with Crippen molar-refractivity contribution in [3.05, 3.63) is 12.2 Å². The lowest BCUT2D eigenvalue weighted by molar-refractivity contribution is -0.137. The van der Waals surface area contributed by atoms with Gasteiger partial charge in [0.15, 0.2) is 0 Å². The van der Waals surface area contributed by atoms with Crippen LogP contribution >= 0.6 is 0 Å². The maximum absolute atomic E-state index is 11.7. The Kier molecular flexibility index (Phi) is 15.7. The molecule has 1 N–H and O–H groups in total. The monoisotopic (exact) mass is 430 g/mol. The Labute approximate surface area is 177 Å². The summed E-state index contributed by atoms with van der Waals surface area (Å²) >= 11 is 0. The number of ether oxygens (including phenoxy) is 5. The number of carbonyl (C=O) groups is 3. The predicted molar refractivity (Wildman–Crippen MR) is 108 cm³/mol. The Hall–Kier alpha value is -1.85. The van der Waals surface area contributed by atoms with Crippen molar-refractivity contribution in [2.45, 2.75) is 19.8 Å². The second kappa shape index (κ2) is 18.0. The summed E-state index contributed by atoms with van der Waals surface area (Å²) < 4.78 is 26.8. The molecule has 0 saturated heterocycles. The van der Waals surface area contributed by atoms with E-state index in [9.17, 15) is 14.4 Å². The number of hydrogen-bond acceptors (Lipinski definition) is 8. The van der Waals surface area contributed by atoms with E-state index in [0.29, 0.717) is 66.0 Å². The minimum absolute atomic E-state index is 0.0694. The SMILES string of the molecule is CCCOCCOCCOCCOCCOCCNC(=O)CCN1C(=O)C=CC1=O. The lowest BCUT2D eigenvalue weighted by atomic mass is 10.3. The summed E-state index contributed by atoms with van der Waals surface area (Å²) in [7, 11) is 0. The fourth-order valence-electron chi connectivity index (χ4n) is 2.34. The van der Waals surface area contributed by atoms with Crippen LogP contribution in [0.1, 0.15) is 19.8 Å². The first-order valence-electron chi connectivity index (χ1n) is 10.3. The van der Waals surface area contributed by atoms with E-state index in [2.05, 4.69) is 12.2 Å². The quantitative estimate of drug-likeness (QED) is 0.211. The summed E-state index contributed by atoms with van der Waals surface area (Å²) in [6.07, 6.45) is 3.47. The van der Waals surface area contributed by atoms with Crippen LogP contribution in [0.3, 0.4) is 0 Å². The van der Waals surface area contributed by atoms with Gasteiger partial charge in [0.2, 0.25) is 5.91 Å². The molecule has 0 bridgehead atoms. The van der Waals surface area contributed by atoms with Gasteiger partial charge in [-0.2, -0.15) is 0 Å². The predicted octanol–water partition coefficient (Wildman–Crippen LogP) is -0.0893. The van der Waals surface area contributed by atoms with E-state index in [1.165, 1.54) is 12.2 Å². The van der Waals surface area contributed by atoms with Gasteiger partial charge in [0.25, 0.3) is 11.8 Å². The summed E-state index contributed by atoms with van der Waals surface area (Å²) in [5, 5.41) is 2.67. The zero-order chi connectivity index (χ0) is 21.9. The van der Waals surface area contributed by atoms with Gasteiger partial charge in [-0.25, -0.2) is 0 Å². The maximum atomic E-state index is 11.7. The largest absolute Gasteiger partial charge is 0.379 e. The molecular weight excluding hydrogens is 396 g/mol. The van der Waals surface area contributed by atoms with Gasteiger partial charge in [0, 0.05) is 38.3 Å². The van der Waals surface area contributed by atoms with Gasteiger partial charge in [-0.3, -0.25) is 19.3 Å². The lowest BCUT2D eigenvalue weighted by Gasteiger charge is -2.13. The number of imide groups is 1. The molecule has 0 unspecified atom stereocenters. The third kappa shape index (κ3) is 13.4. The highest BCUT2D eigenvalue weighted by Crippen LogP contribution is 2.03. The Bertz CT molecular complexity index is 509. The molecule has 10 heteroatoms. The Morgan fingerprint density at radius 3 is 1.67 bits per heavy atom. The lowest BCUT2D eigenvalue weighted by Crippen LogP contribution is -2.35. The third-order valence-corrected chi connectivity index (χ3v) is 3.87.